The van der Waals surface area contributed by atoms with Gasteiger partial charge in [0.05, 0.1) is 12.7 Å². The summed E-state index contributed by atoms with van der Waals surface area (Å²) >= 11 is 5.88. The molecule has 0 radical (unpaired) electrons. The van der Waals surface area contributed by atoms with Gasteiger partial charge < -0.3 is 9.88 Å². The van der Waals surface area contributed by atoms with E-state index in [1.54, 1.807) is 12.5 Å². The second kappa shape index (κ2) is 6.37. The molecule has 0 fully saturated rings. The van der Waals surface area contributed by atoms with Crippen LogP contribution >= 0.6 is 11.6 Å². The average Bonchev–Trinajstić information content (AvgIpc) is 2.54. The lowest BCUT2D eigenvalue weighted by atomic mass is 10.2. The van der Waals surface area contributed by atoms with Crippen molar-refractivity contribution in [3.8, 4) is 0 Å². The molecule has 1 rings (SSSR count). The molecular weight excluding hydrogens is 246 g/mol. The summed E-state index contributed by atoms with van der Waals surface area (Å²) < 4.78 is 12.8. The highest BCUT2D eigenvalue weighted by atomic mass is 35.5. The molecule has 92 valence electrons. The minimum Gasteiger partial charge on any atom is -0.321 e. The van der Waals surface area contributed by atoms with Crippen molar-refractivity contribution in [2.45, 2.75) is 25.9 Å². The number of hydrogen-bond donors (Lipinski definition) is 1. The van der Waals surface area contributed by atoms with Gasteiger partial charge in [0.25, 0.3) is 0 Å². The van der Waals surface area contributed by atoms with Gasteiger partial charge in [0.2, 0.25) is 0 Å². The van der Waals surface area contributed by atoms with Gasteiger partial charge in [-0.2, -0.15) is 0 Å². The van der Waals surface area contributed by atoms with Crippen molar-refractivity contribution in [2.24, 2.45) is 7.05 Å². The van der Waals surface area contributed by atoms with Gasteiger partial charge >= 0.3 is 0 Å². The van der Waals surface area contributed by atoms with Gasteiger partial charge in [-0.3, -0.25) is 4.21 Å². The van der Waals surface area contributed by atoms with Crippen LogP contribution in [0.25, 0.3) is 0 Å². The first-order valence-electron chi connectivity index (χ1n) is 5.20. The molecule has 0 aromatic carbocycles. The van der Waals surface area contributed by atoms with E-state index in [4.69, 9.17) is 11.6 Å². The van der Waals surface area contributed by atoms with Crippen molar-refractivity contribution in [1.82, 2.24) is 14.9 Å². The van der Waals surface area contributed by atoms with E-state index in [0.717, 1.165) is 18.0 Å². The molecular formula is C10H18ClN3OS. The Labute approximate surface area is 104 Å². The number of nitrogens with zero attached hydrogens (tertiary/aromatic N) is 2. The summed E-state index contributed by atoms with van der Waals surface area (Å²) in [5.41, 5.74) is 0. The van der Waals surface area contributed by atoms with Crippen LogP contribution in [0, 0.1) is 0 Å². The Hall–Kier alpha value is -0.390. The maximum atomic E-state index is 10.9. The van der Waals surface area contributed by atoms with Gasteiger partial charge in [0.15, 0.2) is 0 Å². The highest BCUT2D eigenvalue weighted by Gasteiger charge is 2.07. The summed E-state index contributed by atoms with van der Waals surface area (Å²) in [7, 11) is 1.17. The van der Waals surface area contributed by atoms with E-state index in [1.807, 2.05) is 11.6 Å². The van der Waals surface area contributed by atoms with Gasteiger partial charge in [-0.05, 0) is 13.3 Å². The summed E-state index contributed by atoms with van der Waals surface area (Å²) in [4.78, 5) is 4.19. The normalized spacial score (nSPS) is 15.0. The van der Waals surface area contributed by atoms with Crippen molar-refractivity contribution >= 4 is 22.4 Å². The fraction of sp³-hybridized carbons (Fsp3) is 0.700. The Kier molecular flexibility index (Phi) is 5.44. The summed E-state index contributed by atoms with van der Waals surface area (Å²) in [5.74, 6) is 1.64. The fourth-order valence-corrected chi connectivity index (χ4v) is 2.13. The molecule has 0 bridgehead atoms. The van der Waals surface area contributed by atoms with Crippen LogP contribution in [0.3, 0.4) is 0 Å². The van der Waals surface area contributed by atoms with E-state index in [-0.39, 0.29) is 0 Å². The SMILES string of the molecule is CC(CCS(C)=O)NCc1ncc(Cl)n1C. The van der Waals surface area contributed by atoms with Crippen LogP contribution in [0.5, 0.6) is 0 Å². The second-order valence-corrected chi connectivity index (χ2v) is 5.85. The Bertz CT molecular complexity index is 367. The molecule has 2 atom stereocenters. The molecule has 0 saturated heterocycles. The van der Waals surface area contributed by atoms with Crippen LogP contribution < -0.4 is 5.32 Å². The fourth-order valence-electron chi connectivity index (χ4n) is 1.30. The van der Waals surface area contributed by atoms with Crippen molar-refractivity contribution in [2.75, 3.05) is 12.0 Å². The lowest BCUT2D eigenvalue weighted by molar-refractivity contribution is 0.517. The monoisotopic (exact) mass is 263 g/mol. The maximum Gasteiger partial charge on any atom is 0.128 e. The zero-order valence-corrected chi connectivity index (χ0v) is 11.4. The molecule has 2 unspecified atom stereocenters. The quantitative estimate of drug-likeness (QED) is 0.842. The highest BCUT2D eigenvalue weighted by molar-refractivity contribution is 7.84. The Morgan fingerprint density at radius 1 is 1.69 bits per heavy atom. The van der Waals surface area contributed by atoms with Crippen LogP contribution in [0.2, 0.25) is 5.15 Å². The predicted molar refractivity (Wildman–Crippen MR) is 68.1 cm³/mol. The van der Waals surface area contributed by atoms with E-state index >= 15 is 0 Å². The number of imidazole rings is 1. The molecule has 0 saturated carbocycles. The number of halogens is 1. The summed E-state index contributed by atoms with van der Waals surface area (Å²) in [5, 5.41) is 3.97. The van der Waals surface area contributed by atoms with Crippen LogP contribution in [0.1, 0.15) is 19.2 Å². The zero-order chi connectivity index (χ0) is 12.1. The molecule has 1 N–H and O–H groups in total. The van der Waals surface area contributed by atoms with Crippen molar-refractivity contribution < 1.29 is 4.21 Å². The molecule has 0 spiro atoms. The predicted octanol–water partition coefficient (Wildman–Crippen LogP) is 1.32. The third-order valence-corrected chi connectivity index (χ3v) is 3.64. The lowest BCUT2D eigenvalue weighted by Crippen LogP contribution is -2.28. The third kappa shape index (κ3) is 4.23. The van der Waals surface area contributed by atoms with Gasteiger partial charge in [-0.25, -0.2) is 4.98 Å². The molecule has 0 amide bonds. The molecule has 0 aliphatic rings. The van der Waals surface area contributed by atoms with Gasteiger partial charge in [-0.15, -0.1) is 0 Å². The molecule has 0 aliphatic heterocycles. The highest BCUT2D eigenvalue weighted by Crippen LogP contribution is 2.08. The maximum absolute atomic E-state index is 10.9. The molecule has 4 nitrogen and oxygen atoms in total. The number of hydrogen-bond acceptors (Lipinski definition) is 3. The van der Waals surface area contributed by atoms with Crippen LogP contribution in [-0.2, 0) is 24.4 Å². The van der Waals surface area contributed by atoms with Gasteiger partial charge in [0, 0.05) is 35.9 Å². The molecule has 1 heterocycles. The summed E-state index contributed by atoms with van der Waals surface area (Å²) in [6.07, 6.45) is 4.27. The first kappa shape index (κ1) is 13.7. The summed E-state index contributed by atoms with van der Waals surface area (Å²) in [6.45, 7) is 2.76. The molecule has 6 heteroatoms. The molecule has 0 aliphatic carbocycles. The topological polar surface area (TPSA) is 46.9 Å². The van der Waals surface area contributed by atoms with Crippen molar-refractivity contribution in [3.63, 3.8) is 0 Å². The smallest absolute Gasteiger partial charge is 0.128 e. The standard InChI is InChI=1S/C10H18ClN3OS/c1-8(4-5-16(3)15)12-7-10-13-6-9(11)14(10)2/h6,8,12H,4-5,7H2,1-3H3. The van der Waals surface area contributed by atoms with Crippen LogP contribution in [0.15, 0.2) is 6.20 Å². The molecule has 1 aromatic rings. The summed E-state index contributed by atoms with van der Waals surface area (Å²) in [6, 6.07) is 0.333. The Balaban J connectivity index is 2.34. The first-order chi connectivity index (χ1) is 7.50. The lowest BCUT2D eigenvalue weighted by Gasteiger charge is -2.12. The Morgan fingerprint density at radius 3 is 2.88 bits per heavy atom. The van der Waals surface area contributed by atoms with E-state index in [1.165, 1.54) is 0 Å². The van der Waals surface area contributed by atoms with Gasteiger partial charge in [0.1, 0.15) is 11.0 Å². The average molecular weight is 264 g/mol. The van der Waals surface area contributed by atoms with E-state index < -0.39 is 10.8 Å². The van der Waals surface area contributed by atoms with Crippen molar-refractivity contribution in [3.05, 3.63) is 17.2 Å². The number of nitrogens with one attached hydrogen (secondary N) is 1. The first-order valence-corrected chi connectivity index (χ1v) is 7.30. The second-order valence-electron chi connectivity index (χ2n) is 3.90. The number of rotatable bonds is 6. The van der Waals surface area contributed by atoms with E-state index in [0.29, 0.717) is 17.7 Å². The zero-order valence-electron chi connectivity index (χ0n) is 9.86. The largest absolute Gasteiger partial charge is 0.321 e. The minimum atomic E-state index is -0.716. The third-order valence-electron chi connectivity index (χ3n) is 2.47. The molecule has 1 aromatic heterocycles. The Morgan fingerprint density at radius 2 is 2.38 bits per heavy atom. The van der Waals surface area contributed by atoms with Crippen molar-refractivity contribution in [1.29, 1.82) is 0 Å². The van der Waals surface area contributed by atoms with Crippen LogP contribution in [-0.4, -0.2) is 31.8 Å². The van der Waals surface area contributed by atoms with Gasteiger partial charge in [-0.1, -0.05) is 11.6 Å². The minimum absolute atomic E-state index is 0.333. The van der Waals surface area contributed by atoms with E-state index in [9.17, 15) is 4.21 Å². The van der Waals surface area contributed by atoms with Crippen LogP contribution in [0.4, 0.5) is 0 Å². The molecule has 16 heavy (non-hydrogen) atoms. The van der Waals surface area contributed by atoms with E-state index in [2.05, 4.69) is 17.2 Å². The number of aromatic nitrogens is 2.